The molecule has 1 unspecified atom stereocenters. The average Bonchev–Trinajstić information content (AvgIpc) is 2.90. The van der Waals surface area contributed by atoms with Crippen molar-refractivity contribution < 1.29 is 0 Å². The van der Waals surface area contributed by atoms with Crippen molar-refractivity contribution >= 4 is 11.3 Å². The van der Waals surface area contributed by atoms with Gasteiger partial charge in [-0.25, -0.2) is 0 Å². The summed E-state index contributed by atoms with van der Waals surface area (Å²) < 4.78 is 0. The molecule has 20 heavy (non-hydrogen) atoms. The Hall–Kier alpha value is -0.450. The smallest absolute Gasteiger partial charge is 0.0794 e. The molecular weight excluding hydrogens is 266 g/mol. The van der Waals surface area contributed by atoms with Crippen LogP contribution in [0.3, 0.4) is 0 Å². The highest BCUT2D eigenvalue weighted by Crippen LogP contribution is 2.32. The minimum atomic E-state index is 0.284. The van der Waals surface area contributed by atoms with Crippen LogP contribution in [0.1, 0.15) is 52.3 Å². The SMILES string of the molecule is CCC1(CC)CN(Cc2cncs2)C(C(C)(C)C)CN1. The minimum absolute atomic E-state index is 0.284. The molecule has 0 aromatic carbocycles. The molecule has 1 aromatic heterocycles. The van der Waals surface area contributed by atoms with Gasteiger partial charge in [0.25, 0.3) is 0 Å². The number of rotatable bonds is 4. The zero-order valence-corrected chi connectivity index (χ0v) is 14.4. The van der Waals surface area contributed by atoms with Gasteiger partial charge in [-0.05, 0) is 18.3 Å². The molecule has 1 aliphatic heterocycles. The maximum atomic E-state index is 4.23. The van der Waals surface area contributed by atoms with E-state index >= 15 is 0 Å². The summed E-state index contributed by atoms with van der Waals surface area (Å²) in [5, 5.41) is 3.84. The van der Waals surface area contributed by atoms with Gasteiger partial charge in [-0.1, -0.05) is 34.6 Å². The summed E-state index contributed by atoms with van der Waals surface area (Å²) >= 11 is 1.77. The van der Waals surface area contributed by atoms with Gasteiger partial charge in [0, 0.05) is 42.3 Å². The normalized spacial score (nSPS) is 23.9. The first kappa shape index (κ1) is 15.9. The van der Waals surface area contributed by atoms with Gasteiger partial charge in [-0.2, -0.15) is 0 Å². The highest BCUT2D eigenvalue weighted by molar-refractivity contribution is 7.09. The topological polar surface area (TPSA) is 28.2 Å². The molecular formula is C16H29N3S. The van der Waals surface area contributed by atoms with E-state index in [4.69, 9.17) is 0 Å². The number of nitrogens with one attached hydrogen (secondary N) is 1. The van der Waals surface area contributed by atoms with Crippen LogP contribution < -0.4 is 5.32 Å². The van der Waals surface area contributed by atoms with Crippen LogP contribution in [0.15, 0.2) is 11.7 Å². The molecule has 0 bridgehead atoms. The summed E-state index contributed by atoms with van der Waals surface area (Å²) in [6.07, 6.45) is 4.41. The van der Waals surface area contributed by atoms with Crippen LogP contribution in [0.5, 0.6) is 0 Å². The minimum Gasteiger partial charge on any atom is -0.308 e. The van der Waals surface area contributed by atoms with Crippen molar-refractivity contribution in [2.75, 3.05) is 13.1 Å². The Labute approximate surface area is 127 Å². The number of nitrogens with zero attached hydrogens (tertiary/aromatic N) is 2. The van der Waals surface area contributed by atoms with Crippen LogP contribution in [0.4, 0.5) is 0 Å². The summed E-state index contributed by atoms with van der Waals surface area (Å²) in [6.45, 7) is 14.9. The first-order valence-electron chi connectivity index (χ1n) is 7.76. The van der Waals surface area contributed by atoms with Gasteiger partial charge in [0.2, 0.25) is 0 Å². The van der Waals surface area contributed by atoms with E-state index in [2.05, 4.69) is 49.8 Å². The first-order chi connectivity index (χ1) is 9.40. The molecule has 1 saturated heterocycles. The van der Waals surface area contributed by atoms with Crippen molar-refractivity contribution in [2.24, 2.45) is 5.41 Å². The van der Waals surface area contributed by atoms with Crippen molar-refractivity contribution in [2.45, 2.75) is 65.6 Å². The fraction of sp³-hybridized carbons (Fsp3) is 0.812. The van der Waals surface area contributed by atoms with Gasteiger partial charge in [-0.15, -0.1) is 11.3 Å². The van der Waals surface area contributed by atoms with Crippen LogP contribution in [-0.4, -0.2) is 34.6 Å². The lowest BCUT2D eigenvalue weighted by Crippen LogP contribution is -2.66. The molecule has 114 valence electrons. The monoisotopic (exact) mass is 295 g/mol. The van der Waals surface area contributed by atoms with Crippen LogP contribution in [0.25, 0.3) is 0 Å². The Balaban J connectivity index is 2.18. The highest BCUT2D eigenvalue weighted by atomic mass is 32.1. The standard InChI is InChI=1S/C16H29N3S/c1-6-16(7-2)11-19(10-13-8-17-12-20-13)14(9-18-16)15(3,4)5/h8,12,14,18H,6-7,9-11H2,1-5H3. The van der Waals surface area contributed by atoms with Gasteiger partial charge in [0.05, 0.1) is 5.51 Å². The lowest BCUT2D eigenvalue weighted by atomic mass is 9.80. The summed E-state index contributed by atoms with van der Waals surface area (Å²) in [4.78, 5) is 8.28. The third-order valence-electron chi connectivity index (χ3n) is 4.81. The summed E-state index contributed by atoms with van der Waals surface area (Å²) in [5.41, 5.74) is 2.52. The quantitative estimate of drug-likeness (QED) is 0.921. The number of hydrogen-bond donors (Lipinski definition) is 1. The maximum Gasteiger partial charge on any atom is 0.0794 e. The Morgan fingerprint density at radius 2 is 2.10 bits per heavy atom. The summed E-state index contributed by atoms with van der Waals surface area (Å²) in [6, 6.07) is 0.579. The van der Waals surface area contributed by atoms with E-state index in [0.717, 1.165) is 19.6 Å². The molecule has 0 spiro atoms. The van der Waals surface area contributed by atoms with Gasteiger partial charge < -0.3 is 5.32 Å². The highest BCUT2D eigenvalue weighted by Gasteiger charge is 2.41. The first-order valence-corrected chi connectivity index (χ1v) is 8.64. The molecule has 0 amide bonds. The average molecular weight is 295 g/mol. The molecule has 1 fully saturated rings. The van der Waals surface area contributed by atoms with E-state index in [1.807, 2.05) is 11.7 Å². The molecule has 1 atom stereocenters. The second-order valence-corrected chi connectivity index (χ2v) is 8.09. The lowest BCUT2D eigenvalue weighted by molar-refractivity contribution is 0.0137. The van der Waals surface area contributed by atoms with Gasteiger partial charge in [0.15, 0.2) is 0 Å². The zero-order valence-electron chi connectivity index (χ0n) is 13.6. The molecule has 0 aliphatic carbocycles. The van der Waals surface area contributed by atoms with Gasteiger partial charge in [0.1, 0.15) is 0 Å². The summed E-state index contributed by atoms with van der Waals surface area (Å²) in [7, 11) is 0. The zero-order chi connectivity index (χ0) is 14.8. The van der Waals surface area contributed by atoms with E-state index < -0.39 is 0 Å². The van der Waals surface area contributed by atoms with E-state index in [-0.39, 0.29) is 5.54 Å². The third-order valence-corrected chi connectivity index (χ3v) is 5.58. The Morgan fingerprint density at radius 1 is 1.40 bits per heavy atom. The van der Waals surface area contributed by atoms with Crippen LogP contribution >= 0.6 is 11.3 Å². The van der Waals surface area contributed by atoms with E-state index in [1.165, 1.54) is 17.7 Å². The van der Waals surface area contributed by atoms with Crippen LogP contribution in [0, 0.1) is 5.41 Å². The van der Waals surface area contributed by atoms with Crippen molar-refractivity contribution in [1.29, 1.82) is 0 Å². The third kappa shape index (κ3) is 3.41. The van der Waals surface area contributed by atoms with Gasteiger partial charge in [-0.3, -0.25) is 9.88 Å². The molecule has 1 aliphatic rings. The van der Waals surface area contributed by atoms with Crippen molar-refractivity contribution in [3.05, 3.63) is 16.6 Å². The lowest BCUT2D eigenvalue weighted by Gasteiger charge is -2.51. The molecule has 0 saturated carbocycles. The van der Waals surface area contributed by atoms with Gasteiger partial charge >= 0.3 is 0 Å². The fourth-order valence-electron chi connectivity index (χ4n) is 3.26. The Bertz CT molecular complexity index is 404. The molecule has 2 heterocycles. The maximum absolute atomic E-state index is 4.23. The number of aromatic nitrogens is 1. The molecule has 2 rings (SSSR count). The fourth-order valence-corrected chi connectivity index (χ4v) is 3.88. The predicted molar refractivity (Wildman–Crippen MR) is 87.1 cm³/mol. The molecule has 1 aromatic rings. The van der Waals surface area contributed by atoms with Crippen molar-refractivity contribution in [3.8, 4) is 0 Å². The summed E-state index contributed by atoms with van der Waals surface area (Å²) in [5.74, 6) is 0. The number of piperazine rings is 1. The predicted octanol–water partition coefficient (Wildman–Crippen LogP) is 3.52. The molecule has 0 radical (unpaired) electrons. The Kier molecular flexibility index (Phi) is 4.88. The molecule has 4 heteroatoms. The van der Waals surface area contributed by atoms with Crippen LogP contribution in [0.2, 0.25) is 0 Å². The molecule has 3 nitrogen and oxygen atoms in total. The second-order valence-electron chi connectivity index (χ2n) is 7.12. The van der Waals surface area contributed by atoms with Crippen molar-refractivity contribution in [1.82, 2.24) is 15.2 Å². The Morgan fingerprint density at radius 3 is 2.60 bits per heavy atom. The van der Waals surface area contributed by atoms with Crippen LogP contribution in [-0.2, 0) is 6.54 Å². The van der Waals surface area contributed by atoms with E-state index in [9.17, 15) is 0 Å². The van der Waals surface area contributed by atoms with Crippen molar-refractivity contribution in [3.63, 3.8) is 0 Å². The largest absolute Gasteiger partial charge is 0.308 e. The van der Waals surface area contributed by atoms with E-state index in [1.54, 1.807) is 11.3 Å². The number of hydrogen-bond acceptors (Lipinski definition) is 4. The molecule has 1 N–H and O–H groups in total. The number of thiazole rings is 1. The van der Waals surface area contributed by atoms with E-state index in [0.29, 0.717) is 11.5 Å². The second kappa shape index (κ2) is 6.12.